The number of imidazole rings is 1. The van der Waals surface area contributed by atoms with Crippen LogP contribution in [0.1, 0.15) is 18.2 Å². The van der Waals surface area contributed by atoms with Gasteiger partial charge in [-0.2, -0.15) is 0 Å². The first-order valence-electron chi connectivity index (χ1n) is 8.27. The van der Waals surface area contributed by atoms with E-state index in [9.17, 15) is 9.90 Å². The average Bonchev–Trinajstić information content (AvgIpc) is 3.03. The molecule has 6 heteroatoms. The van der Waals surface area contributed by atoms with Crippen molar-refractivity contribution in [2.75, 3.05) is 13.1 Å². The molecule has 2 heterocycles. The molecule has 0 radical (unpaired) electrons. The fourth-order valence-corrected chi connectivity index (χ4v) is 2.63. The lowest BCUT2D eigenvalue weighted by Gasteiger charge is -2.24. The average molecular weight is 338 g/mol. The Hall–Kier alpha value is -2.86. The molecular formula is C19H22N4O2. The van der Waals surface area contributed by atoms with Crippen molar-refractivity contribution in [2.45, 2.75) is 18.9 Å². The van der Waals surface area contributed by atoms with Gasteiger partial charge in [0.25, 0.3) is 0 Å². The normalized spacial score (nSPS) is 13.4. The second-order valence-corrected chi connectivity index (χ2v) is 6.20. The highest BCUT2D eigenvalue weighted by Crippen LogP contribution is 2.18. The van der Waals surface area contributed by atoms with Crippen molar-refractivity contribution in [3.05, 3.63) is 72.2 Å². The molecule has 25 heavy (non-hydrogen) atoms. The van der Waals surface area contributed by atoms with E-state index in [1.165, 1.54) is 0 Å². The molecule has 6 nitrogen and oxygen atoms in total. The summed E-state index contributed by atoms with van der Waals surface area (Å²) in [5, 5.41) is 16.0. The minimum absolute atomic E-state index is 0.136. The van der Waals surface area contributed by atoms with Gasteiger partial charge in [0.15, 0.2) is 0 Å². The molecule has 0 aliphatic carbocycles. The largest absolute Gasteiger partial charge is 0.384 e. The second kappa shape index (κ2) is 7.36. The van der Waals surface area contributed by atoms with Crippen molar-refractivity contribution in [1.29, 1.82) is 0 Å². The highest BCUT2D eigenvalue weighted by Gasteiger charge is 2.23. The third-order valence-electron chi connectivity index (χ3n) is 4.07. The van der Waals surface area contributed by atoms with Gasteiger partial charge in [0.1, 0.15) is 11.2 Å². The maximum absolute atomic E-state index is 11.9. The SMILES string of the molecule is C[C@](O)(CNC(=O)NCCc1cn2ccccc2n1)c1ccccc1. The Labute approximate surface area is 146 Å². The third kappa shape index (κ3) is 4.36. The number of aromatic nitrogens is 2. The lowest BCUT2D eigenvalue weighted by molar-refractivity contribution is 0.0594. The van der Waals surface area contributed by atoms with Crippen molar-refractivity contribution in [2.24, 2.45) is 0 Å². The number of urea groups is 1. The maximum Gasteiger partial charge on any atom is 0.314 e. The van der Waals surface area contributed by atoms with E-state index in [1.807, 2.05) is 65.3 Å². The van der Waals surface area contributed by atoms with Gasteiger partial charge >= 0.3 is 6.03 Å². The number of fused-ring (bicyclic) bond motifs is 1. The molecule has 1 aromatic carbocycles. The van der Waals surface area contributed by atoms with Crippen molar-refractivity contribution in [3.8, 4) is 0 Å². The number of carbonyl (C=O) groups excluding carboxylic acids is 1. The number of hydrogen-bond acceptors (Lipinski definition) is 3. The lowest BCUT2D eigenvalue weighted by atomic mass is 9.96. The Kier molecular flexibility index (Phi) is 5.00. The van der Waals surface area contributed by atoms with E-state index in [4.69, 9.17) is 0 Å². The van der Waals surface area contributed by atoms with Crippen LogP contribution < -0.4 is 10.6 Å². The molecule has 130 valence electrons. The number of aliphatic hydroxyl groups is 1. The number of hydrogen-bond donors (Lipinski definition) is 3. The zero-order chi connectivity index (χ0) is 17.7. The Balaban J connectivity index is 1.45. The third-order valence-corrected chi connectivity index (χ3v) is 4.07. The first-order valence-corrected chi connectivity index (χ1v) is 8.27. The molecular weight excluding hydrogens is 316 g/mol. The molecule has 2 amide bonds. The molecule has 3 rings (SSSR count). The maximum atomic E-state index is 11.9. The predicted octanol–water partition coefficient (Wildman–Crippen LogP) is 2.08. The van der Waals surface area contributed by atoms with Gasteiger partial charge in [-0.1, -0.05) is 36.4 Å². The molecule has 3 aromatic rings. The molecule has 0 fully saturated rings. The minimum atomic E-state index is -1.11. The van der Waals surface area contributed by atoms with Crippen LogP contribution in [0.15, 0.2) is 60.9 Å². The van der Waals surface area contributed by atoms with Crippen molar-refractivity contribution < 1.29 is 9.90 Å². The van der Waals surface area contributed by atoms with Crippen LogP contribution in [-0.2, 0) is 12.0 Å². The molecule has 2 aromatic heterocycles. The summed E-state index contributed by atoms with van der Waals surface area (Å²) in [5.74, 6) is 0. The van der Waals surface area contributed by atoms with E-state index in [1.54, 1.807) is 6.92 Å². The first-order chi connectivity index (χ1) is 12.0. The number of benzene rings is 1. The van der Waals surface area contributed by atoms with Gasteiger partial charge in [0.2, 0.25) is 0 Å². The van der Waals surface area contributed by atoms with E-state index in [-0.39, 0.29) is 12.6 Å². The molecule has 0 aliphatic rings. The van der Waals surface area contributed by atoms with Gasteiger partial charge in [-0.05, 0) is 24.6 Å². The standard InChI is InChI=1S/C19H22N4O2/c1-19(25,15-7-3-2-4-8-15)14-21-18(24)20-11-10-16-13-23-12-6-5-9-17(23)22-16/h2-9,12-13,25H,10-11,14H2,1H3,(H2,20,21,24)/t19-/m0/s1. The fourth-order valence-electron chi connectivity index (χ4n) is 2.63. The Morgan fingerprint density at radius 3 is 2.68 bits per heavy atom. The summed E-state index contributed by atoms with van der Waals surface area (Å²) in [5.41, 5.74) is 1.46. The zero-order valence-corrected chi connectivity index (χ0v) is 14.1. The summed E-state index contributed by atoms with van der Waals surface area (Å²) in [6.07, 6.45) is 4.54. The van der Waals surface area contributed by atoms with Crippen LogP contribution in [0, 0.1) is 0 Å². The molecule has 0 unspecified atom stereocenters. The zero-order valence-electron chi connectivity index (χ0n) is 14.1. The monoisotopic (exact) mass is 338 g/mol. The topological polar surface area (TPSA) is 78.7 Å². The van der Waals surface area contributed by atoms with Crippen LogP contribution in [0.3, 0.4) is 0 Å². The summed E-state index contributed by atoms with van der Waals surface area (Å²) < 4.78 is 1.95. The van der Waals surface area contributed by atoms with Gasteiger partial charge in [0.05, 0.1) is 12.2 Å². The lowest BCUT2D eigenvalue weighted by Crippen LogP contribution is -2.43. The Morgan fingerprint density at radius 1 is 1.16 bits per heavy atom. The van der Waals surface area contributed by atoms with E-state index < -0.39 is 5.60 Å². The number of carbonyl (C=O) groups is 1. The molecule has 0 saturated carbocycles. The summed E-state index contributed by atoms with van der Waals surface area (Å²) >= 11 is 0. The second-order valence-electron chi connectivity index (χ2n) is 6.20. The predicted molar refractivity (Wildman–Crippen MR) is 96.3 cm³/mol. The quantitative estimate of drug-likeness (QED) is 0.644. The van der Waals surface area contributed by atoms with E-state index >= 15 is 0 Å². The van der Waals surface area contributed by atoms with Gasteiger partial charge in [-0.15, -0.1) is 0 Å². The summed E-state index contributed by atoms with van der Waals surface area (Å²) in [7, 11) is 0. The number of amides is 2. The number of rotatable bonds is 6. The van der Waals surface area contributed by atoms with Gasteiger partial charge < -0.3 is 20.1 Å². The molecule has 1 atom stereocenters. The number of nitrogens with one attached hydrogen (secondary N) is 2. The van der Waals surface area contributed by atoms with E-state index in [2.05, 4.69) is 15.6 Å². The number of pyridine rings is 1. The highest BCUT2D eigenvalue weighted by molar-refractivity contribution is 5.73. The molecule has 3 N–H and O–H groups in total. The smallest absolute Gasteiger partial charge is 0.314 e. The summed E-state index contributed by atoms with van der Waals surface area (Å²) in [6.45, 7) is 2.29. The number of nitrogens with zero attached hydrogens (tertiary/aromatic N) is 2. The first kappa shape index (κ1) is 17.0. The fraction of sp³-hybridized carbons (Fsp3) is 0.263. The van der Waals surface area contributed by atoms with Gasteiger partial charge in [-0.25, -0.2) is 9.78 Å². The Morgan fingerprint density at radius 2 is 1.92 bits per heavy atom. The van der Waals surface area contributed by atoms with Crippen LogP contribution in [0.25, 0.3) is 5.65 Å². The molecule has 0 bridgehead atoms. The van der Waals surface area contributed by atoms with Crippen molar-refractivity contribution in [3.63, 3.8) is 0 Å². The molecule has 0 spiro atoms. The van der Waals surface area contributed by atoms with Crippen molar-refractivity contribution in [1.82, 2.24) is 20.0 Å². The van der Waals surface area contributed by atoms with Gasteiger partial charge in [-0.3, -0.25) is 0 Å². The summed E-state index contributed by atoms with van der Waals surface area (Å²) in [4.78, 5) is 16.4. The van der Waals surface area contributed by atoms with Crippen LogP contribution in [0.4, 0.5) is 4.79 Å². The van der Waals surface area contributed by atoms with Crippen LogP contribution >= 0.6 is 0 Å². The van der Waals surface area contributed by atoms with Crippen molar-refractivity contribution >= 4 is 11.7 Å². The Bertz CT molecular complexity index is 810. The highest BCUT2D eigenvalue weighted by atomic mass is 16.3. The minimum Gasteiger partial charge on any atom is -0.384 e. The summed E-state index contributed by atoms with van der Waals surface area (Å²) in [6, 6.07) is 14.8. The van der Waals surface area contributed by atoms with Crippen LogP contribution in [0.2, 0.25) is 0 Å². The van der Waals surface area contributed by atoms with Crippen LogP contribution in [0.5, 0.6) is 0 Å². The van der Waals surface area contributed by atoms with E-state index in [0.717, 1.165) is 16.9 Å². The molecule has 0 saturated heterocycles. The molecule has 0 aliphatic heterocycles. The van der Waals surface area contributed by atoms with E-state index in [0.29, 0.717) is 13.0 Å². The van der Waals surface area contributed by atoms with Crippen LogP contribution in [-0.4, -0.2) is 33.6 Å². The van der Waals surface area contributed by atoms with Gasteiger partial charge in [0, 0.05) is 25.4 Å².